The Morgan fingerprint density at radius 1 is 1.38 bits per heavy atom. The van der Waals surface area contributed by atoms with E-state index in [2.05, 4.69) is 29.1 Å². The average Bonchev–Trinajstić information content (AvgIpc) is 2.55. The molecule has 1 aliphatic heterocycles. The van der Waals surface area contributed by atoms with Gasteiger partial charge in [0.15, 0.2) is 15.8 Å². The van der Waals surface area contributed by atoms with Crippen LogP contribution in [-0.2, 0) is 16.4 Å². The second-order valence-corrected chi connectivity index (χ2v) is 9.78. The zero-order valence-electron chi connectivity index (χ0n) is 14.8. The van der Waals surface area contributed by atoms with Gasteiger partial charge in [0.1, 0.15) is 0 Å². The number of benzene rings is 1. The third-order valence-electron chi connectivity index (χ3n) is 4.15. The quantitative estimate of drug-likeness (QED) is 0.651. The molecule has 1 aromatic carbocycles. The average molecular weight is 370 g/mol. The van der Waals surface area contributed by atoms with Gasteiger partial charge in [-0.1, -0.05) is 26.0 Å². The zero-order valence-corrected chi connectivity index (χ0v) is 16.5. The molecule has 7 heteroatoms. The first-order valence-corrected chi connectivity index (χ1v) is 11.1. The predicted molar refractivity (Wildman–Crippen MR) is 102 cm³/mol. The molecule has 5 nitrogen and oxygen atoms in total. The van der Waals surface area contributed by atoms with Gasteiger partial charge in [0.05, 0.1) is 4.90 Å². The second kappa shape index (κ2) is 8.25. The smallest absolute Gasteiger partial charge is 0.193 e. The minimum absolute atomic E-state index is 0.350. The van der Waals surface area contributed by atoms with Crippen LogP contribution < -0.4 is 5.32 Å². The topological polar surface area (TPSA) is 61.8 Å². The van der Waals surface area contributed by atoms with Gasteiger partial charge in [-0.05, 0) is 23.6 Å². The highest BCUT2D eigenvalue weighted by atomic mass is 32.2. The van der Waals surface area contributed by atoms with Crippen molar-refractivity contribution >= 4 is 27.6 Å². The van der Waals surface area contributed by atoms with Gasteiger partial charge >= 0.3 is 0 Å². The third-order valence-corrected chi connectivity index (χ3v) is 6.82. The maximum atomic E-state index is 11.5. The molecule has 1 aromatic rings. The standard InChI is InChI=1S/C17H27N3O2S2/c1-13(2)16-12-20(9-10-23-16)17(18-3)19-11-14-5-7-15(8-6-14)24(4,21)22/h5-8,13,16H,9-12H2,1-4H3,(H,18,19). The lowest BCUT2D eigenvalue weighted by molar-refractivity contribution is 0.380. The van der Waals surface area contributed by atoms with Gasteiger partial charge in [0.2, 0.25) is 0 Å². The fourth-order valence-electron chi connectivity index (χ4n) is 2.64. The van der Waals surface area contributed by atoms with Crippen molar-refractivity contribution in [1.82, 2.24) is 10.2 Å². The minimum Gasteiger partial charge on any atom is -0.352 e. The fraction of sp³-hybridized carbons (Fsp3) is 0.588. The molecule has 0 aromatic heterocycles. The minimum atomic E-state index is -3.14. The summed E-state index contributed by atoms with van der Waals surface area (Å²) in [4.78, 5) is 7.07. The Kier molecular flexibility index (Phi) is 6.57. The molecule has 0 saturated carbocycles. The number of nitrogens with zero attached hydrogens (tertiary/aromatic N) is 2. The van der Waals surface area contributed by atoms with E-state index in [4.69, 9.17) is 0 Å². The van der Waals surface area contributed by atoms with Gasteiger partial charge in [-0.15, -0.1) is 0 Å². The molecule has 1 aliphatic rings. The first-order chi connectivity index (χ1) is 11.3. The molecule has 134 valence electrons. The Morgan fingerprint density at radius 2 is 2.04 bits per heavy atom. The van der Waals surface area contributed by atoms with Crippen molar-refractivity contribution in [2.45, 2.75) is 30.5 Å². The first kappa shape index (κ1) is 19.1. The van der Waals surface area contributed by atoms with Gasteiger partial charge in [-0.2, -0.15) is 11.8 Å². The van der Waals surface area contributed by atoms with Crippen LogP contribution in [0, 0.1) is 5.92 Å². The number of aliphatic imine (C=N–C) groups is 1. The number of hydrogen-bond donors (Lipinski definition) is 1. The van der Waals surface area contributed by atoms with E-state index in [-0.39, 0.29) is 0 Å². The summed E-state index contributed by atoms with van der Waals surface area (Å²) in [6, 6.07) is 7.00. The Balaban J connectivity index is 1.96. The molecule has 0 radical (unpaired) electrons. The molecule has 1 N–H and O–H groups in total. The molecule has 0 amide bonds. The summed E-state index contributed by atoms with van der Waals surface area (Å²) < 4.78 is 23.0. The van der Waals surface area contributed by atoms with E-state index in [9.17, 15) is 8.42 Å². The molecule has 1 saturated heterocycles. The summed E-state index contributed by atoms with van der Waals surface area (Å²) in [6.07, 6.45) is 1.22. The Hall–Kier alpha value is -1.21. The molecule has 1 unspecified atom stereocenters. The van der Waals surface area contributed by atoms with Crippen LogP contribution in [0.2, 0.25) is 0 Å². The highest BCUT2D eigenvalue weighted by Gasteiger charge is 2.24. The van der Waals surface area contributed by atoms with Crippen LogP contribution in [0.25, 0.3) is 0 Å². The zero-order chi connectivity index (χ0) is 17.7. The van der Waals surface area contributed by atoms with E-state index in [1.165, 1.54) is 6.26 Å². The van der Waals surface area contributed by atoms with Gasteiger partial charge in [-0.25, -0.2) is 8.42 Å². The summed E-state index contributed by atoms with van der Waals surface area (Å²) in [6.45, 7) is 7.17. The summed E-state index contributed by atoms with van der Waals surface area (Å²) in [5.74, 6) is 2.68. The van der Waals surface area contributed by atoms with Crippen LogP contribution in [0.4, 0.5) is 0 Å². The van der Waals surface area contributed by atoms with E-state index in [1.807, 2.05) is 23.9 Å². The molecule has 1 heterocycles. The van der Waals surface area contributed by atoms with Gasteiger partial charge in [0.25, 0.3) is 0 Å². The number of nitrogens with one attached hydrogen (secondary N) is 1. The molecule has 0 spiro atoms. The van der Waals surface area contributed by atoms with Crippen LogP contribution in [0.15, 0.2) is 34.2 Å². The lowest BCUT2D eigenvalue weighted by Crippen LogP contribution is -2.48. The third kappa shape index (κ3) is 5.14. The van der Waals surface area contributed by atoms with Crippen molar-refractivity contribution in [3.63, 3.8) is 0 Å². The van der Waals surface area contributed by atoms with Crippen molar-refractivity contribution in [2.75, 3.05) is 32.1 Å². The summed E-state index contributed by atoms with van der Waals surface area (Å²) >= 11 is 2.04. The normalized spacial score (nSPS) is 19.6. The van der Waals surface area contributed by atoms with E-state index in [0.717, 1.165) is 30.4 Å². The second-order valence-electron chi connectivity index (χ2n) is 6.42. The van der Waals surface area contributed by atoms with E-state index >= 15 is 0 Å². The molecular formula is C17H27N3O2S2. The summed E-state index contributed by atoms with van der Waals surface area (Å²) in [5, 5.41) is 4.02. The summed E-state index contributed by atoms with van der Waals surface area (Å²) in [7, 11) is -1.33. The maximum Gasteiger partial charge on any atom is 0.193 e. The molecule has 1 atom stereocenters. The SMILES string of the molecule is CN=C(NCc1ccc(S(C)(=O)=O)cc1)N1CCSC(C(C)C)C1. The van der Waals surface area contributed by atoms with E-state index < -0.39 is 9.84 Å². The number of guanidine groups is 1. The predicted octanol–water partition coefficient (Wildman–Crippen LogP) is 2.24. The van der Waals surface area contributed by atoms with E-state index in [0.29, 0.717) is 22.6 Å². The lowest BCUT2D eigenvalue weighted by atomic mass is 10.1. The van der Waals surface area contributed by atoms with Crippen molar-refractivity contribution in [3.05, 3.63) is 29.8 Å². The number of rotatable bonds is 4. The van der Waals surface area contributed by atoms with Crippen LogP contribution in [-0.4, -0.2) is 56.7 Å². The monoisotopic (exact) mass is 369 g/mol. The molecule has 0 bridgehead atoms. The van der Waals surface area contributed by atoms with Crippen molar-refractivity contribution in [3.8, 4) is 0 Å². The molecule has 0 aliphatic carbocycles. The Morgan fingerprint density at radius 3 is 2.58 bits per heavy atom. The van der Waals surface area contributed by atoms with Gasteiger partial charge in [-0.3, -0.25) is 4.99 Å². The largest absolute Gasteiger partial charge is 0.352 e. The van der Waals surface area contributed by atoms with Gasteiger partial charge in [0, 0.05) is 43.9 Å². The van der Waals surface area contributed by atoms with Crippen LogP contribution >= 0.6 is 11.8 Å². The summed E-state index contributed by atoms with van der Waals surface area (Å²) in [5.41, 5.74) is 1.04. The van der Waals surface area contributed by atoms with Crippen LogP contribution in [0.5, 0.6) is 0 Å². The number of sulfone groups is 1. The van der Waals surface area contributed by atoms with Crippen LogP contribution in [0.1, 0.15) is 19.4 Å². The van der Waals surface area contributed by atoms with Crippen molar-refractivity contribution in [1.29, 1.82) is 0 Å². The lowest BCUT2D eigenvalue weighted by Gasteiger charge is -2.36. The number of thioether (sulfide) groups is 1. The Labute approximate surface area is 149 Å². The number of hydrogen-bond acceptors (Lipinski definition) is 4. The van der Waals surface area contributed by atoms with Crippen LogP contribution in [0.3, 0.4) is 0 Å². The van der Waals surface area contributed by atoms with E-state index in [1.54, 1.807) is 19.2 Å². The first-order valence-electron chi connectivity index (χ1n) is 8.17. The molecular weight excluding hydrogens is 342 g/mol. The maximum absolute atomic E-state index is 11.5. The highest BCUT2D eigenvalue weighted by molar-refractivity contribution is 8.00. The molecule has 2 rings (SSSR count). The molecule has 24 heavy (non-hydrogen) atoms. The Bertz CT molecular complexity index is 670. The van der Waals surface area contributed by atoms with Gasteiger partial charge < -0.3 is 10.2 Å². The highest BCUT2D eigenvalue weighted by Crippen LogP contribution is 2.24. The fourth-order valence-corrected chi connectivity index (χ4v) is 4.57. The molecule has 1 fully saturated rings. The van der Waals surface area contributed by atoms with Crippen molar-refractivity contribution in [2.24, 2.45) is 10.9 Å². The van der Waals surface area contributed by atoms with Crippen molar-refractivity contribution < 1.29 is 8.42 Å².